The van der Waals surface area contributed by atoms with Crippen LogP contribution in [0.25, 0.3) is 0 Å². The van der Waals surface area contributed by atoms with Crippen molar-refractivity contribution in [2.24, 2.45) is 0 Å². The molecule has 0 amide bonds. The minimum Gasteiger partial charge on any atom is -0.427 e. The quantitative estimate of drug-likeness (QED) is 0.631. The van der Waals surface area contributed by atoms with Crippen LogP contribution < -0.4 is 5.63 Å². The van der Waals surface area contributed by atoms with Gasteiger partial charge in [0.25, 0.3) is 0 Å². The van der Waals surface area contributed by atoms with E-state index in [0.29, 0.717) is 0 Å². The summed E-state index contributed by atoms with van der Waals surface area (Å²) in [5.74, 6) is 0.835. The van der Waals surface area contributed by atoms with E-state index in [1.807, 2.05) is 6.07 Å². The third-order valence-electron chi connectivity index (χ3n) is 1.86. The summed E-state index contributed by atoms with van der Waals surface area (Å²) in [6.07, 6.45) is 4.35. The van der Waals surface area contributed by atoms with Gasteiger partial charge in [0.2, 0.25) is 0 Å². The smallest absolute Gasteiger partial charge is 0.335 e. The van der Waals surface area contributed by atoms with Gasteiger partial charge in [-0.2, -0.15) is 0 Å². The molecule has 0 unspecified atom stereocenters. The number of halogens is 1. The van der Waals surface area contributed by atoms with Gasteiger partial charge in [-0.3, -0.25) is 0 Å². The van der Waals surface area contributed by atoms with E-state index in [1.165, 1.54) is 18.9 Å². The van der Waals surface area contributed by atoms with Crippen LogP contribution in [0.15, 0.2) is 21.3 Å². The Labute approximate surface area is 91.5 Å². The van der Waals surface area contributed by atoms with E-state index in [4.69, 9.17) is 4.42 Å². The Morgan fingerprint density at radius 3 is 2.85 bits per heavy atom. The number of hydrogen-bond acceptors (Lipinski definition) is 2. The fraction of sp³-hybridized carbons (Fsp3) is 0.500. The molecule has 0 aliphatic heterocycles. The van der Waals surface area contributed by atoms with E-state index in [9.17, 15) is 4.79 Å². The molecule has 0 N–H and O–H groups in total. The first-order valence-corrected chi connectivity index (χ1v) is 5.60. The molecule has 0 saturated heterocycles. The topological polar surface area (TPSA) is 30.2 Å². The molecule has 0 radical (unpaired) electrons. The predicted octanol–water partition coefficient (Wildman–Crippen LogP) is 2.98. The van der Waals surface area contributed by atoms with Gasteiger partial charge in [-0.15, -0.1) is 0 Å². The molecule has 0 aliphatic carbocycles. The van der Waals surface area contributed by atoms with E-state index in [2.05, 4.69) is 29.5 Å². The van der Waals surface area contributed by atoms with E-state index < -0.39 is 0 Å². The zero-order valence-electron chi connectivity index (χ0n) is 7.68. The van der Waals surface area contributed by atoms with Gasteiger partial charge in [0.1, 0.15) is 5.76 Å². The van der Waals surface area contributed by atoms with E-state index in [0.717, 1.165) is 22.2 Å². The van der Waals surface area contributed by atoms with Crippen molar-refractivity contribution in [1.29, 1.82) is 0 Å². The normalized spacial score (nSPS) is 10.3. The molecule has 0 fully saturated rings. The first-order valence-electron chi connectivity index (χ1n) is 4.52. The van der Waals surface area contributed by atoms with Gasteiger partial charge in [-0.25, -0.2) is 4.79 Å². The standard InChI is InChI=1S/C10H13IO2/c1-2-3-4-5-9-8(11)6-7-10(12)13-9/h6-7H,2-5H2,1H3. The van der Waals surface area contributed by atoms with Crippen LogP contribution >= 0.6 is 22.6 Å². The molecule has 1 heterocycles. The molecule has 0 bridgehead atoms. The van der Waals surface area contributed by atoms with E-state index in [-0.39, 0.29) is 5.63 Å². The average Bonchev–Trinajstić information content (AvgIpc) is 2.11. The molecule has 0 atom stereocenters. The summed E-state index contributed by atoms with van der Waals surface area (Å²) >= 11 is 2.20. The number of hydrogen-bond donors (Lipinski definition) is 0. The van der Waals surface area contributed by atoms with Gasteiger partial charge in [0.15, 0.2) is 0 Å². The number of aryl methyl sites for hydroxylation is 1. The van der Waals surface area contributed by atoms with Crippen molar-refractivity contribution < 1.29 is 4.42 Å². The van der Waals surface area contributed by atoms with Crippen LogP contribution in [0, 0.1) is 3.57 Å². The SMILES string of the molecule is CCCCCc1oc(=O)ccc1I. The van der Waals surface area contributed by atoms with Gasteiger partial charge in [-0.05, 0) is 35.1 Å². The zero-order valence-corrected chi connectivity index (χ0v) is 9.84. The van der Waals surface area contributed by atoms with Gasteiger partial charge in [0, 0.05) is 12.5 Å². The molecule has 0 aliphatic rings. The minimum absolute atomic E-state index is 0.244. The van der Waals surface area contributed by atoms with Crippen LogP contribution in [0.2, 0.25) is 0 Å². The summed E-state index contributed by atoms with van der Waals surface area (Å²) in [6, 6.07) is 3.28. The highest BCUT2D eigenvalue weighted by molar-refractivity contribution is 14.1. The highest BCUT2D eigenvalue weighted by Gasteiger charge is 2.02. The molecular weight excluding hydrogens is 279 g/mol. The van der Waals surface area contributed by atoms with Crippen LogP contribution in [0.3, 0.4) is 0 Å². The van der Waals surface area contributed by atoms with Crippen molar-refractivity contribution in [1.82, 2.24) is 0 Å². The highest BCUT2D eigenvalue weighted by atomic mass is 127. The van der Waals surface area contributed by atoms with Gasteiger partial charge in [0.05, 0.1) is 3.57 Å². The van der Waals surface area contributed by atoms with Crippen molar-refractivity contribution in [3.8, 4) is 0 Å². The summed E-state index contributed by atoms with van der Waals surface area (Å²) in [6.45, 7) is 2.16. The summed E-state index contributed by atoms with van der Waals surface area (Å²) in [5, 5.41) is 0. The van der Waals surface area contributed by atoms with Gasteiger partial charge in [-0.1, -0.05) is 19.8 Å². The Morgan fingerprint density at radius 2 is 2.15 bits per heavy atom. The Balaban J connectivity index is 2.64. The molecular formula is C10H13IO2. The first-order chi connectivity index (χ1) is 6.24. The van der Waals surface area contributed by atoms with Crippen molar-refractivity contribution in [2.45, 2.75) is 32.6 Å². The Kier molecular flexibility index (Phi) is 4.48. The average molecular weight is 292 g/mol. The molecule has 0 aromatic carbocycles. The molecule has 0 spiro atoms. The third-order valence-corrected chi connectivity index (χ3v) is 2.82. The summed E-state index contributed by atoms with van der Waals surface area (Å²) in [4.78, 5) is 10.9. The Morgan fingerprint density at radius 1 is 1.38 bits per heavy atom. The summed E-state index contributed by atoms with van der Waals surface area (Å²) in [7, 11) is 0. The molecule has 1 rings (SSSR count). The fourth-order valence-corrected chi connectivity index (χ4v) is 1.70. The van der Waals surface area contributed by atoms with Crippen molar-refractivity contribution in [2.75, 3.05) is 0 Å². The maximum Gasteiger partial charge on any atom is 0.335 e. The second-order valence-corrected chi connectivity index (χ2v) is 4.14. The van der Waals surface area contributed by atoms with Crippen molar-refractivity contribution in [3.63, 3.8) is 0 Å². The van der Waals surface area contributed by atoms with Crippen LogP contribution in [0.5, 0.6) is 0 Å². The van der Waals surface area contributed by atoms with Crippen LogP contribution in [-0.2, 0) is 6.42 Å². The highest BCUT2D eigenvalue weighted by Crippen LogP contribution is 2.12. The summed E-state index contributed by atoms with van der Waals surface area (Å²) < 4.78 is 6.14. The monoisotopic (exact) mass is 292 g/mol. The Hall–Kier alpha value is -0.320. The number of unbranched alkanes of at least 4 members (excludes halogenated alkanes) is 2. The molecule has 2 nitrogen and oxygen atoms in total. The van der Waals surface area contributed by atoms with Crippen LogP contribution in [0.4, 0.5) is 0 Å². The lowest BCUT2D eigenvalue weighted by molar-refractivity contribution is 0.446. The largest absolute Gasteiger partial charge is 0.427 e. The van der Waals surface area contributed by atoms with Crippen molar-refractivity contribution >= 4 is 22.6 Å². The van der Waals surface area contributed by atoms with E-state index in [1.54, 1.807) is 0 Å². The zero-order chi connectivity index (χ0) is 9.68. The van der Waals surface area contributed by atoms with Crippen LogP contribution in [-0.4, -0.2) is 0 Å². The third kappa shape index (κ3) is 3.50. The van der Waals surface area contributed by atoms with Crippen molar-refractivity contribution in [3.05, 3.63) is 31.9 Å². The fourth-order valence-electron chi connectivity index (χ4n) is 1.14. The molecule has 1 aromatic heterocycles. The maximum absolute atomic E-state index is 10.9. The minimum atomic E-state index is -0.244. The lowest BCUT2D eigenvalue weighted by Crippen LogP contribution is -2.01. The molecule has 3 heteroatoms. The Bertz CT molecular complexity index is 317. The van der Waals surface area contributed by atoms with Gasteiger partial charge >= 0.3 is 5.63 Å². The molecule has 13 heavy (non-hydrogen) atoms. The lowest BCUT2D eigenvalue weighted by Gasteiger charge is -2.00. The molecule has 72 valence electrons. The first kappa shape index (κ1) is 10.8. The molecule has 1 aromatic rings. The van der Waals surface area contributed by atoms with E-state index >= 15 is 0 Å². The summed E-state index contributed by atoms with van der Waals surface area (Å²) in [5.41, 5.74) is -0.244. The van der Waals surface area contributed by atoms with Crippen LogP contribution in [0.1, 0.15) is 31.9 Å². The van der Waals surface area contributed by atoms with Gasteiger partial charge < -0.3 is 4.42 Å². The maximum atomic E-state index is 10.9. The lowest BCUT2D eigenvalue weighted by atomic mass is 10.2. The number of rotatable bonds is 4. The second-order valence-electron chi connectivity index (χ2n) is 2.98. The predicted molar refractivity (Wildman–Crippen MR) is 60.9 cm³/mol. The molecule has 0 saturated carbocycles. The second kappa shape index (κ2) is 5.42.